The molecule has 1 rings (SSSR count). The molecule has 0 fully saturated rings. The van der Waals surface area contributed by atoms with Gasteiger partial charge in [0.1, 0.15) is 7.19 Å². The van der Waals surface area contributed by atoms with E-state index in [9.17, 15) is 9.18 Å². The van der Waals surface area contributed by atoms with Gasteiger partial charge in [0, 0.05) is 0 Å². The van der Waals surface area contributed by atoms with Crippen LogP contribution in [0.5, 0.6) is 0 Å². The van der Waals surface area contributed by atoms with Crippen molar-refractivity contribution in [1.82, 2.24) is 0 Å². The van der Waals surface area contributed by atoms with Crippen LogP contribution in [0.3, 0.4) is 0 Å². The Morgan fingerprint density at radius 2 is 2.18 bits per heavy atom. The first kappa shape index (κ1) is 7.07. The van der Waals surface area contributed by atoms with E-state index in [4.69, 9.17) is 24.6 Å². The van der Waals surface area contributed by atoms with E-state index in [1.54, 1.807) is 0 Å². The summed E-state index contributed by atoms with van der Waals surface area (Å²) in [5.41, 5.74) is -0.293. The quantitative estimate of drug-likeness (QED) is 0.496. The molecular weight excluding hydrogens is 190 g/mol. The minimum atomic E-state index is -1.09. The van der Waals surface area contributed by atoms with E-state index in [1.165, 1.54) is 6.07 Å². The fraction of sp³-hybridized carbons (Fsp3) is 0. The average molecular weight is 194 g/mol. The molecule has 0 spiro atoms. The average Bonchev–Trinajstić information content (AvgIpc) is 1.97. The number of carbonyl (C=O) groups excluding carboxylic acids is 1. The number of hydrogen-bond acceptors (Lipinski definition) is 1. The lowest BCUT2D eigenvalue weighted by Crippen LogP contribution is -1.87. The minimum absolute atomic E-state index is 0.0126. The Balaban J connectivity index is 3.43. The van der Waals surface area contributed by atoms with Gasteiger partial charge in [-0.3, -0.25) is 4.79 Å². The molecule has 1 aromatic carbocycles. The van der Waals surface area contributed by atoms with Gasteiger partial charge in [-0.15, -0.1) is 0 Å². The van der Waals surface area contributed by atoms with Gasteiger partial charge in [0.2, 0.25) is 0 Å². The zero-order valence-corrected chi connectivity index (χ0v) is 6.71. The van der Waals surface area contributed by atoms with Gasteiger partial charge in [-0.25, -0.2) is 4.39 Å². The largest absolute Gasteiger partial charge is 0.298 e. The minimum Gasteiger partial charge on any atom is -0.298 e. The predicted octanol–water partition coefficient (Wildman–Crippen LogP) is 2.95. The summed E-state index contributed by atoms with van der Waals surface area (Å²) < 4.78 is 19.4. The topological polar surface area (TPSA) is 17.1 Å². The van der Waals surface area contributed by atoms with Gasteiger partial charge in [0.25, 0.3) is 0 Å². The summed E-state index contributed by atoms with van der Waals surface area (Å²) in [6.07, 6.45) is -1.09. The van der Waals surface area contributed by atoms with Crippen molar-refractivity contribution >= 4 is 29.5 Å². The lowest BCUT2D eigenvalue weighted by molar-refractivity contribution is 0.112. The molecule has 0 bridgehead atoms. The van der Waals surface area contributed by atoms with Crippen molar-refractivity contribution in [2.75, 3.05) is 0 Å². The molecule has 1 aromatic rings. The fourth-order valence-electron chi connectivity index (χ4n) is 0.621. The summed E-state index contributed by atoms with van der Waals surface area (Å²) in [6.45, 7) is 0. The molecule has 0 N–H and O–H groups in total. The fourth-order valence-corrected chi connectivity index (χ4v) is 1.07. The molecule has 0 radical (unpaired) electrons. The highest BCUT2D eigenvalue weighted by Crippen LogP contribution is 2.25. The van der Waals surface area contributed by atoms with Crippen LogP contribution < -0.4 is 0 Å². The highest BCUT2D eigenvalue weighted by Gasteiger charge is 2.08. The highest BCUT2D eigenvalue weighted by atomic mass is 35.5. The van der Waals surface area contributed by atoms with Crippen molar-refractivity contribution in [2.24, 2.45) is 0 Å². The summed E-state index contributed by atoms with van der Waals surface area (Å²) in [4.78, 5) is 10.6. The second-order valence-corrected chi connectivity index (χ2v) is 2.61. The first-order valence-corrected chi connectivity index (χ1v) is 3.44. The molecule has 0 saturated carbocycles. The summed E-state index contributed by atoms with van der Waals surface area (Å²) in [5, 5.41) is -0.413. The zero-order valence-electron chi connectivity index (χ0n) is 6.20. The number of carbonyl (C=O) groups is 1. The van der Waals surface area contributed by atoms with Crippen LogP contribution in [-0.4, -0.2) is 6.26 Å². The molecular formula is C7H3Cl2FO. The number of rotatable bonds is 1. The van der Waals surface area contributed by atoms with E-state index in [2.05, 4.69) is 0 Å². The summed E-state index contributed by atoms with van der Waals surface area (Å²) in [7, 11) is 0. The van der Waals surface area contributed by atoms with Crippen LogP contribution in [0.4, 0.5) is 4.39 Å². The van der Waals surface area contributed by atoms with E-state index in [-0.39, 0.29) is 10.6 Å². The van der Waals surface area contributed by atoms with Gasteiger partial charge < -0.3 is 0 Å². The molecule has 0 aliphatic carbocycles. The standard InChI is InChI=1S/C7H3Cl2FO/c8-5-1-2-6(10)7(9)4(5)3-11/h1-3H/i3D. The van der Waals surface area contributed by atoms with E-state index in [0.717, 1.165) is 6.07 Å². The van der Waals surface area contributed by atoms with Crippen LogP contribution >= 0.6 is 23.2 Å². The number of aldehydes is 1. The van der Waals surface area contributed by atoms with Crippen molar-refractivity contribution in [3.63, 3.8) is 0 Å². The Bertz CT molecular complexity index is 340. The summed E-state index contributed by atoms with van der Waals surface area (Å²) in [6, 6.07) is 2.22. The molecule has 0 heterocycles. The molecule has 0 aliphatic heterocycles. The first-order chi connectivity index (χ1) is 5.54. The van der Waals surface area contributed by atoms with Gasteiger partial charge >= 0.3 is 0 Å². The predicted molar refractivity (Wildman–Crippen MR) is 41.8 cm³/mol. The normalized spacial score (nSPS) is 11.0. The Labute approximate surface area is 74.1 Å². The van der Waals surface area contributed by atoms with Crippen LogP contribution in [-0.2, 0) is 0 Å². The van der Waals surface area contributed by atoms with Gasteiger partial charge in [-0.05, 0) is 12.1 Å². The molecule has 11 heavy (non-hydrogen) atoms. The van der Waals surface area contributed by atoms with Gasteiger partial charge in [-0.2, -0.15) is 0 Å². The third-order valence-electron chi connectivity index (χ3n) is 1.15. The molecule has 58 valence electrons. The lowest BCUT2D eigenvalue weighted by Gasteiger charge is -1.98. The second kappa shape index (κ2) is 3.20. The number of benzene rings is 1. The maximum absolute atomic E-state index is 12.7. The highest BCUT2D eigenvalue weighted by molar-refractivity contribution is 6.38. The van der Waals surface area contributed by atoms with Crippen LogP contribution in [0.25, 0.3) is 0 Å². The van der Waals surface area contributed by atoms with Crippen molar-refractivity contribution in [3.8, 4) is 0 Å². The Kier molecular flexibility index (Phi) is 2.06. The van der Waals surface area contributed by atoms with E-state index < -0.39 is 17.1 Å². The molecule has 0 amide bonds. The van der Waals surface area contributed by atoms with Crippen molar-refractivity contribution in [1.29, 1.82) is 0 Å². The van der Waals surface area contributed by atoms with Gasteiger partial charge in [0.05, 0.1) is 15.6 Å². The molecule has 0 aromatic heterocycles. The van der Waals surface area contributed by atoms with Crippen molar-refractivity contribution in [3.05, 3.63) is 33.6 Å². The summed E-state index contributed by atoms with van der Waals surface area (Å²) in [5.74, 6) is -0.753. The van der Waals surface area contributed by atoms with E-state index >= 15 is 0 Å². The van der Waals surface area contributed by atoms with Crippen LogP contribution in [0.15, 0.2) is 12.1 Å². The lowest BCUT2D eigenvalue weighted by atomic mass is 10.2. The molecule has 1 nitrogen and oxygen atoms in total. The number of hydrogen-bond donors (Lipinski definition) is 0. The summed E-state index contributed by atoms with van der Waals surface area (Å²) >= 11 is 10.9. The maximum Gasteiger partial charge on any atom is 0.153 e. The molecule has 0 atom stereocenters. The Morgan fingerprint density at radius 1 is 1.55 bits per heavy atom. The SMILES string of the molecule is [2H]C(=O)c1c(Cl)ccc(F)c1Cl. The molecule has 0 saturated heterocycles. The Hall–Kier alpha value is -0.600. The Morgan fingerprint density at radius 3 is 2.64 bits per heavy atom. The van der Waals surface area contributed by atoms with Crippen LogP contribution in [0, 0.1) is 5.82 Å². The van der Waals surface area contributed by atoms with Crippen molar-refractivity contribution < 1.29 is 10.6 Å². The molecule has 0 aliphatic rings. The maximum atomic E-state index is 12.7. The monoisotopic (exact) mass is 193 g/mol. The third-order valence-corrected chi connectivity index (χ3v) is 1.83. The van der Waals surface area contributed by atoms with Crippen molar-refractivity contribution in [2.45, 2.75) is 0 Å². The zero-order chi connectivity index (χ0) is 9.30. The van der Waals surface area contributed by atoms with Crippen LogP contribution in [0.2, 0.25) is 10.0 Å². The van der Waals surface area contributed by atoms with Gasteiger partial charge in [-0.1, -0.05) is 23.2 Å². The smallest absolute Gasteiger partial charge is 0.153 e. The first-order valence-electron chi connectivity index (χ1n) is 3.18. The van der Waals surface area contributed by atoms with Gasteiger partial charge in [0.15, 0.2) is 6.26 Å². The van der Waals surface area contributed by atoms with E-state index in [0.29, 0.717) is 0 Å². The number of halogens is 3. The second-order valence-electron chi connectivity index (χ2n) is 1.82. The van der Waals surface area contributed by atoms with Crippen LogP contribution in [0.1, 0.15) is 11.7 Å². The molecule has 0 unspecified atom stereocenters. The molecule has 4 heteroatoms. The third kappa shape index (κ3) is 1.52. The van der Waals surface area contributed by atoms with E-state index in [1.807, 2.05) is 0 Å².